The second-order valence-corrected chi connectivity index (χ2v) is 28.2. The molecule has 2 saturated heterocycles. The molecule has 0 unspecified atom stereocenters. The Morgan fingerprint density at radius 3 is 1.78 bits per heavy atom. The van der Waals surface area contributed by atoms with Crippen LogP contribution in [0, 0.1) is 17.8 Å². The lowest BCUT2D eigenvalue weighted by Gasteiger charge is -2.39. The number of amides is 12. The van der Waals surface area contributed by atoms with Crippen molar-refractivity contribution in [1.29, 1.82) is 0 Å². The van der Waals surface area contributed by atoms with Gasteiger partial charge in [-0.2, -0.15) is 0 Å². The Morgan fingerprint density at radius 1 is 0.596 bits per heavy atom. The van der Waals surface area contributed by atoms with Crippen LogP contribution in [-0.4, -0.2) is 240 Å². The minimum Gasteiger partial charge on any atom is -0.343 e. The topological polar surface area (TPSA) is 279 Å². The molecule has 0 radical (unpaired) electrons. The lowest BCUT2D eigenvalue weighted by molar-refractivity contribution is -0.152. The quantitative estimate of drug-likeness (QED) is 0.201. The number of carbonyl (C=O) groups excluding carboxylic acids is 12. The molecule has 0 aliphatic carbocycles. The number of nitrogens with zero attached hydrogens (tertiary/aromatic N) is 8. The molecule has 0 aromatic heterocycles. The predicted octanol–water partition coefficient (Wildman–Crippen LogP) is 4.66. The summed E-state index contributed by atoms with van der Waals surface area (Å²) in [4.78, 5) is 186. The molecular weight excluding hydrogens is 1290 g/mol. The second-order valence-electron chi connectivity index (χ2n) is 26.8. The van der Waals surface area contributed by atoms with Crippen molar-refractivity contribution in [3.05, 3.63) is 69.2 Å². The molecule has 2 aliphatic heterocycles. The molecule has 0 bridgehead atoms. The third kappa shape index (κ3) is 22.5. The van der Waals surface area contributed by atoms with Crippen LogP contribution in [0.4, 0.5) is 0 Å². The van der Waals surface area contributed by atoms with Crippen molar-refractivity contribution in [3.8, 4) is 0 Å². The third-order valence-corrected chi connectivity index (χ3v) is 18.8. The normalized spacial score (nSPS) is 24.0. The van der Waals surface area contributed by atoms with Crippen LogP contribution in [0.1, 0.15) is 138 Å². The smallest absolute Gasteiger partial charge is 0.246 e. The van der Waals surface area contributed by atoms with Gasteiger partial charge in [0.1, 0.15) is 47.8 Å². The molecule has 522 valence electrons. The van der Waals surface area contributed by atoms with Gasteiger partial charge in [-0.05, 0) is 106 Å². The third-order valence-electron chi connectivity index (χ3n) is 18.0. The van der Waals surface area contributed by atoms with Gasteiger partial charge in [0, 0.05) is 84.8 Å². The summed E-state index contributed by atoms with van der Waals surface area (Å²) >= 11 is 9.71. The van der Waals surface area contributed by atoms with E-state index in [1.165, 1.54) is 82.8 Å². The van der Waals surface area contributed by atoms with Gasteiger partial charge in [-0.3, -0.25) is 57.5 Å². The Kier molecular flexibility index (Phi) is 30.9. The zero-order valence-corrected chi connectivity index (χ0v) is 60.5. The van der Waals surface area contributed by atoms with Gasteiger partial charge in [0.05, 0.1) is 26.1 Å². The van der Waals surface area contributed by atoms with Crippen molar-refractivity contribution in [2.24, 2.45) is 17.8 Å². The fourth-order valence-corrected chi connectivity index (χ4v) is 12.0. The first-order valence-corrected chi connectivity index (χ1v) is 34.0. The average Bonchev–Trinajstić information content (AvgIpc) is 0.821. The van der Waals surface area contributed by atoms with Crippen molar-refractivity contribution in [2.45, 2.75) is 187 Å². The first-order chi connectivity index (χ1) is 44.0. The number of carbonyl (C=O) groups is 12. The first kappa shape index (κ1) is 79.3. The highest BCUT2D eigenvalue weighted by Gasteiger charge is 2.44. The minimum absolute atomic E-state index is 0.0509. The fourth-order valence-electron chi connectivity index (χ4n) is 11.4. The van der Waals surface area contributed by atoms with E-state index in [1.807, 2.05) is 41.5 Å². The highest BCUT2D eigenvalue weighted by atomic mass is 79.9. The van der Waals surface area contributed by atoms with Crippen LogP contribution >= 0.6 is 27.5 Å². The molecule has 94 heavy (non-hydrogen) atoms. The standard InChI is InChI=1S/C68H104BrClN12O12/c1-17-19-26-49-63(90)81(16)68(8,9)67(94)73-51(33-42(3)4)62(89)80(15)54(65(92)82-31-21-20-22-32-82)38-56(84)78(13)52(34-43(5)6)61(88)74-59(44(7)18-2)66(93)77(12)40-57(85)75(10)41-58(86)79(14)53(37-45-27-29-48(70)30-28-45)64(91)76(11)39-55(83)71-50(60(87)72-49)36-46-24-23-25-47(69)35-46/h23-25,27-30,35,42-44,49-54,59H,17-22,26,31-34,36-41H2,1-16H3,(H,71,83)(H,72,87)(H,73,94)(H,74,88)/t44-,49-,50-,51-,52-,53-,54-,59-/m0/s1. The SMILES string of the molecule is CCCC[C@@H]1NC(=O)[C@H](Cc2cccc(Br)c2)NC(=O)CN(C)C(=O)[C@H](Cc2ccc(Cl)cc2)N(C)C(=O)CN(C)C(=O)CN(C)C(=O)[C@H]([C@@H](C)CC)NC(=O)[C@H](CC(C)C)N(C)C(=O)C[C@@H](C(=O)N2CCCCC2)N(C)C(=O)[C@H](CC(C)C)NC(=O)C(C)(C)N(C)C1=O. The number of likely N-dealkylation sites (tertiary alicyclic amines) is 1. The molecule has 0 saturated carbocycles. The average molecular weight is 1400 g/mol. The number of hydrogen-bond acceptors (Lipinski definition) is 12. The van der Waals surface area contributed by atoms with Crippen LogP contribution in [0.5, 0.6) is 0 Å². The fraction of sp³-hybridized carbons (Fsp3) is 0.647. The van der Waals surface area contributed by atoms with Crippen LogP contribution in [0.25, 0.3) is 0 Å². The van der Waals surface area contributed by atoms with Crippen molar-refractivity contribution in [3.63, 3.8) is 0 Å². The van der Waals surface area contributed by atoms with Crippen LogP contribution in [0.15, 0.2) is 53.0 Å². The summed E-state index contributed by atoms with van der Waals surface area (Å²) < 4.78 is 0.688. The Labute approximate surface area is 569 Å². The number of hydrogen-bond donors (Lipinski definition) is 4. The van der Waals surface area contributed by atoms with E-state index in [-0.39, 0.29) is 43.9 Å². The van der Waals surface area contributed by atoms with Crippen LogP contribution in [-0.2, 0) is 70.4 Å². The van der Waals surface area contributed by atoms with E-state index in [2.05, 4.69) is 37.2 Å². The Morgan fingerprint density at radius 2 is 1.19 bits per heavy atom. The Balaban J connectivity index is 1.89. The van der Waals surface area contributed by atoms with E-state index in [9.17, 15) is 52.7 Å². The number of rotatable bonds is 14. The number of unbranched alkanes of at least 4 members (excludes halogenated alkanes) is 1. The molecule has 8 atom stereocenters. The van der Waals surface area contributed by atoms with Crippen LogP contribution < -0.4 is 21.3 Å². The van der Waals surface area contributed by atoms with E-state index in [0.717, 1.165) is 21.1 Å². The molecule has 2 aromatic carbocycles. The van der Waals surface area contributed by atoms with Crippen molar-refractivity contribution in [2.75, 3.05) is 82.1 Å². The molecule has 26 heteroatoms. The summed E-state index contributed by atoms with van der Waals surface area (Å²) in [7, 11) is 9.76. The summed E-state index contributed by atoms with van der Waals surface area (Å²) in [5.41, 5.74) is -0.465. The van der Waals surface area contributed by atoms with Gasteiger partial charge in [-0.25, -0.2) is 0 Å². The van der Waals surface area contributed by atoms with Gasteiger partial charge in [0.15, 0.2) is 0 Å². The van der Waals surface area contributed by atoms with E-state index < -0.39 is 151 Å². The van der Waals surface area contributed by atoms with E-state index in [4.69, 9.17) is 11.6 Å². The van der Waals surface area contributed by atoms with Crippen LogP contribution in [0.3, 0.4) is 0 Å². The molecule has 24 nitrogen and oxygen atoms in total. The molecular formula is C68H104BrClN12O12. The minimum atomic E-state index is -1.70. The van der Waals surface area contributed by atoms with Crippen molar-refractivity contribution in [1.82, 2.24) is 60.5 Å². The summed E-state index contributed by atoms with van der Waals surface area (Å²) in [5.74, 6) is -8.91. The molecule has 0 spiro atoms. The van der Waals surface area contributed by atoms with E-state index >= 15 is 4.79 Å². The largest absolute Gasteiger partial charge is 0.343 e. The van der Waals surface area contributed by atoms with Crippen molar-refractivity contribution >= 4 is 98.4 Å². The highest BCUT2D eigenvalue weighted by molar-refractivity contribution is 9.10. The Hall–Kier alpha value is -7.15. The summed E-state index contributed by atoms with van der Waals surface area (Å²) in [6, 6.07) is 4.81. The molecule has 4 N–H and O–H groups in total. The van der Waals surface area contributed by atoms with Gasteiger partial charge in [-0.15, -0.1) is 0 Å². The van der Waals surface area contributed by atoms with Gasteiger partial charge in [0.25, 0.3) is 0 Å². The Bertz CT molecular complexity index is 3000. The van der Waals surface area contributed by atoms with E-state index in [0.29, 0.717) is 65.8 Å². The monoisotopic (exact) mass is 1390 g/mol. The summed E-state index contributed by atoms with van der Waals surface area (Å²) in [6.07, 6.45) is 3.41. The highest BCUT2D eigenvalue weighted by Crippen LogP contribution is 2.24. The predicted molar refractivity (Wildman–Crippen MR) is 363 cm³/mol. The maximum absolute atomic E-state index is 15.1. The lowest BCUT2D eigenvalue weighted by atomic mass is 9.95. The molecule has 2 aromatic rings. The maximum atomic E-state index is 15.1. The molecule has 2 fully saturated rings. The van der Waals surface area contributed by atoms with Crippen molar-refractivity contribution < 1.29 is 57.5 Å². The maximum Gasteiger partial charge on any atom is 0.246 e. The van der Waals surface area contributed by atoms with Gasteiger partial charge >= 0.3 is 0 Å². The number of piperidine rings is 1. The zero-order chi connectivity index (χ0) is 70.6. The number of halogens is 2. The van der Waals surface area contributed by atoms with E-state index in [1.54, 1.807) is 60.4 Å². The molecule has 2 heterocycles. The molecule has 4 rings (SSSR count). The number of benzene rings is 2. The van der Waals surface area contributed by atoms with Gasteiger partial charge in [0.2, 0.25) is 70.9 Å². The summed E-state index contributed by atoms with van der Waals surface area (Å²) in [5, 5.41) is 11.8. The lowest BCUT2D eigenvalue weighted by Crippen LogP contribution is -2.63. The van der Waals surface area contributed by atoms with Gasteiger partial charge < -0.3 is 60.5 Å². The first-order valence-electron chi connectivity index (χ1n) is 32.8. The molecule has 12 amide bonds. The molecule has 2 aliphatic rings. The number of nitrogens with one attached hydrogen (secondary N) is 4. The zero-order valence-electron chi connectivity index (χ0n) is 58.1. The van der Waals surface area contributed by atoms with Crippen LogP contribution in [0.2, 0.25) is 5.02 Å². The summed E-state index contributed by atoms with van der Waals surface area (Å²) in [6.45, 7) is 15.0. The van der Waals surface area contributed by atoms with Gasteiger partial charge in [-0.1, -0.05) is 120 Å². The number of likely N-dealkylation sites (N-methyl/N-ethyl adjacent to an activating group) is 7. The second kappa shape index (κ2) is 36.7.